The second-order valence-electron chi connectivity index (χ2n) is 7.39. The SMILES string of the molecule is CCOc1ccc(Sc2ccc(C(=O)C(C)(C)N(CCOC)CCOC)cc2)cc1. The summed E-state index contributed by atoms with van der Waals surface area (Å²) in [5.41, 5.74) is 0.0526. The van der Waals surface area contributed by atoms with Gasteiger partial charge in [-0.15, -0.1) is 0 Å². The van der Waals surface area contributed by atoms with E-state index in [1.165, 1.54) is 0 Å². The molecule has 0 saturated heterocycles. The molecule has 0 aliphatic heterocycles. The third-order valence-corrected chi connectivity index (χ3v) is 5.98. The van der Waals surface area contributed by atoms with Crippen LogP contribution >= 0.6 is 11.8 Å². The first-order valence-corrected chi connectivity index (χ1v) is 11.0. The van der Waals surface area contributed by atoms with Gasteiger partial charge in [0.1, 0.15) is 5.75 Å². The number of carbonyl (C=O) groups is 1. The van der Waals surface area contributed by atoms with Gasteiger partial charge in [-0.05, 0) is 57.2 Å². The molecule has 0 spiro atoms. The van der Waals surface area contributed by atoms with Crippen molar-refractivity contribution >= 4 is 17.5 Å². The number of Topliss-reactive ketones (excluding diaryl/α,β-unsaturated/α-hetero) is 1. The molecule has 2 aromatic rings. The zero-order chi connectivity index (χ0) is 22.0. The first-order valence-electron chi connectivity index (χ1n) is 10.2. The highest BCUT2D eigenvalue weighted by Crippen LogP contribution is 2.30. The molecule has 6 heteroatoms. The zero-order valence-corrected chi connectivity index (χ0v) is 19.5. The molecular formula is C24H33NO4S. The molecule has 0 saturated carbocycles. The molecule has 0 unspecified atom stereocenters. The predicted molar refractivity (Wildman–Crippen MR) is 122 cm³/mol. The monoisotopic (exact) mass is 431 g/mol. The van der Waals surface area contributed by atoms with Gasteiger partial charge in [-0.2, -0.15) is 0 Å². The highest BCUT2D eigenvalue weighted by molar-refractivity contribution is 7.99. The number of benzene rings is 2. The van der Waals surface area contributed by atoms with Gasteiger partial charge in [-0.1, -0.05) is 23.9 Å². The van der Waals surface area contributed by atoms with E-state index in [9.17, 15) is 4.79 Å². The van der Waals surface area contributed by atoms with Crippen LogP contribution in [-0.4, -0.2) is 63.4 Å². The number of hydrogen-bond donors (Lipinski definition) is 0. The highest BCUT2D eigenvalue weighted by Gasteiger charge is 2.34. The van der Waals surface area contributed by atoms with Gasteiger partial charge in [-0.25, -0.2) is 0 Å². The van der Waals surface area contributed by atoms with Crippen LogP contribution in [0.25, 0.3) is 0 Å². The van der Waals surface area contributed by atoms with Crippen LogP contribution in [0.15, 0.2) is 58.3 Å². The zero-order valence-electron chi connectivity index (χ0n) is 18.6. The minimum atomic E-state index is -0.652. The lowest BCUT2D eigenvalue weighted by atomic mass is 9.91. The van der Waals surface area contributed by atoms with Crippen molar-refractivity contribution in [1.29, 1.82) is 0 Å². The lowest BCUT2D eigenvalue weighted by Crippen LogP contribution is -2.52. The molecular weight excluding hydrogens is 398 g/mol. The van der Waals surface area contributed by atoms with Crippen molar-refractivity contribution < 1.29 is 19.0 Å². The first-order chi connectivity index (χ1) is 14.4. The summed E-state index contributed by atoms with van der Waals surface area (Å²) in [5.74, 6) is 0.962. The van der Waals surface area contributed by atoms with Crippen molar-refractivity contribution in [3.63, 3.8) is 0 Å². The molecule has 5 nitrogen and oxygen atoms in total. The molecule has 30 heavy (non-hydrogen) atoms. The lowest BCUT2D eigenvalue weighted by Gasteiger charge is -2.37. The Bertz CT molecular complexity index is 767. The second kappa shape index (κ2) is 12.1. The Morgan fingerprint density at radius 1 is 0.900 bits per heavy atom. The van der Waals surface area contributed by atoms with E-state index in [0.29, 0.717) is 38.5 Å². The Morgan fingerprint density at radius 2 is 1.40 bits per heavy atom. The summed E-state index contributed by atoms with van der Waals surface area (Å²) in [7, 11) is 3.34. The van der Waals surface area contributed by atoms with Crippen LogP contribution in [0, 0.1) is 0 Å². The molecule has 0 N–H and O–H groups in total. The van der Waals surface area contributed by atoms with Crippen molar-refractivity contribution in [3.05, 3.63) is 54.1 Å². The van der Waals surface area contributed by atoms with Crippen molar-refractivity contribution in [3.8, 4) is 5.75 Å². The van der Waals surface area contributed by atoms with E-state index < -0.39 is 5.54 Å². The van der Waals surface area contributed by atoms with E-state index in [0.717, 1.165) is 15.5 Å². The van der Waals surface area contributed by atoms with Crippen LogP contribution in [0.2, 0.25) is 0 Å². The maximum atomic E-state index is 13.3. The second-order valence-corrected chi connectivity index (χ2v) is 8.54. The molecule has 0 fully saturated rings. The van der Waals surface area contributed by atoms with E-state index in [2.05, 4.69) is 4.90 Å². The smallest absolute Gasteiger partial charge is 0.182 e. The van der Waals surface area contributed by atoms with Gasteiger partial charge >= 0.3 is 0 Å². The van der Waals surface area contributed by atoms with Crippen LogP contribution < -0.4 is 4.74 Å². The van der Waals surface area contributed by atoms with Gasteiger partial charge in [0.25, 0.3) is 0 Å². The fourth-order valence-corrected chi connectivity index (χ4v) is 3.97. The topological polar surface area (TPSA) is 48.0 Å². The molecule has 164 valence electrons. The number of rotatable bonds is 13. The minimum absolute atomic E-state index is 0.0901. The normalized spacial score (nSPS) is 11.7. The van der Waals surface area contributed by atoms with Crippen LogP contribution in [0.1, 0.15) is 31.1 Å². The van der Waals surface area contributed by atoms with E-state index >= 15 is 0 Å². The van der Waals surface area contributed by atoms with E-state index in [1.54, 1.807) is 26.0 Å². The maximum Gasteiger partial charge on any atom is 0.182 e. The average Bonchev–Trinajstić information content (AvgIpc) is 2.75. The number of ether oxygens (including phenoxy) is 3. The van der Waals surface area contributed by atoms with Crippen molar-refractivity contribution in [1.82, 2.24) is 4.90 Å². The van der Waals surface area contributed by atoms with E-state index in [-0.39, 0.29) is 5.78 Å². The molecule has 0 atom stereocenters. The van der Waals surface area contributed by atoms with Gasteiger partial charge in [0.05, 0.1) is 25.4 Å². The summed E-state index contributed by atoms with van der Waals surface area (Å²) in [5, 5.41) is 0. The fourth-order valence-electron chi connectivity index (χ4n) is 3.15. The number of methoxy groups -OCH3 is 2. The van der Waals surface area contributed by atoms with Crippen LogP contribution in [0.4, 0.5) is 0 Å². The summed E-state index contributed by atoms with van der Waals surface area (Å²) in [6.07, 6.45) is 0. The van der Waals surface area contributed by atoms with Crippen LogP contribution in [0.5, 0.6) is 5.75 Å². The number of nitrogens with zero attached hydrogens (tertiary/aromatic N) is 1. The standard InChI is InChI=1S/C24H33NO4S/c1-6-29-20-9-13-22(14-10-20)30-21-11-7-19(8-12-21)23(26)24(2,3)25(15-17-27-4)16-18-28-5/h7-14H,6,15-18H2,1-5H3. The number of ketones is 1. The van der Waals surface area contributed by atoms with Gasteiger partial charge in [-0.3, -0.25) is 9.69 Å². The summed E-state index contributed by atoms with van der Waals surface area (Å²) >= 11 is 1.66. The summed E-state index contributed by atoms with van der Waals surface area (Å²) in [6, 6.07) is 15.8. The molecule has 0 aliphatic rings. The summed E-state index contributed by atoms with van der Waals surface area (Å²) in [4.78, 5) is 17.6. The van der Waals surface area contributed by atoms with Crippen LogP contribution in [0.3, 0.4) is 0 Å². The Kier molecular flexibility index (Phi) is 9.85. The van der Waals surface area contributed by atoms with Crippen molar-refractivity contribution in [2.45, 2.75) is 36.1 Å². The molecule has 0 radical (unpaired) electrons. The molecule has 0 aliphatic carbocycles. The van der Waals surface area contributed by atoms with E-state index in [4.69, 9.17) is 14.2 Å². The number of hydrogen-bond acceptors (Lipinski definition) is 6. The van der Waals surface area contributed by atoms with Gasteiger partial charge < -0.3 is 14.2 Å². The maximum absolute atomic E-state index is 13.3. The van der Waals surface area contributed by atoms with E-state index in [1.807, 2.05) is 69.3 Å². The fraction of sp³-hybridized carbons (Fsp3) is 0.458. The molecule has 0 amide bonds. The third kappa shape index (κ3) is 6.84. The molecule has 0 heterocycles. The van der Waals surface area contributed by atoms with Crippen molar-refractivity contribution in [2.24, 2.45) is 0 Å². The minimum Gasteiger partial charge on any atom is -0.494 e. The first kappa shape index (κ1) is 24.4. The predicted octanol–water partition coefficient (Wildman–Crippen LogP) is 4.79. The highest BCUT2D eigenvalue weighted by atomic mass is 32.2. The summed E-state index contributed by atoms with van der Waals surface area (Å²) < 4.78 is 15.9. The Hall–Kier alpha value is -1.86. The molecule has 2 rings (SSSR count). The van der Waals surface area contributed by atoms with Crippen LogP contribution in [-0.2, 0) is 9.47 Å². The summed E-state index contributed by atoms with van der Waals surface area (Å²) in [6.45, 7) is 9.03. The quantitative estimate of drug-likeness (QED) is 0.425. The molecule has 0 bridgehead atoms. The lowest BCUT2D eigenvalue weighted by molar-refractivity contribution is 0.0418. The Labute approximate surface area is 184 Å². The van der Waals surface area contributed by atoms with Gasteiger partial charge in [0.2, 0.25) is 0 Å². The van der Waals surface area contributed by atoms with Gasteiger partial charge in [0, 0.05) is 42.7 Å². The Morgan fingerprint density at radius 3 is 1.87 bits per heavy atom. The largest absolute Gasteiger partial charge is 0.494 e. The average molecular weight is 432 g/mol. The number of carbonyl (C=O) groups excluding carboxylic acids is 1. The van der Waals surface area contributed by atoms with Gasteiger partial charge in [0.15, 0.2) is 5.78 Å². The Balaban J connectivity index is 2.08. The third-order valence-electron chi connectivity index (χ3n) is 4.96. The van der Waals surface area contributed by atoms with Crippen molar-refractivity contribution in [2.75, 3.05) is 47.1 Å². The molecule has 0 aromatic heterocycles. The molecule has 2 aromatic carbocycles.